The second-order valence-electron chi connectivity index (χ2n) is 8.28. The van der Waals surface area contributed by atoms with Crippen LogP contribution in [0.3, 0.4) is 0 Å². The predicted octanol–water partition coefficient (Wildman–Crippen LogP) is 5.12. The molecule has 0 aliphatic carbocycles. The van der Waals surface area contributed by atoms with Crippen molar-refractivity contribution in [3.8, 4) is 11.1 Å². The first-order valence-corrected chi connectivity index (χ1v) is 11.3. The van der Waals surface area contributed by atoms with E-state index in [0.717, 1.165) is 42.5 Å². The van der Waals surface area contributed by atoms with Gasteiger partial charge in [0.05, 0.1) is 6.61 Å². The van der Waals surface area contributed by atoms with E-state index in [1.165, 1.54) is 5.56 Å². The monoisotopic (exact) mass is 431 g/mol. The normalized spacial score (nSPS) is 19.1. The Balaban J connectivity index is 2.16. The average molecular weight is 432 g/mol. The van der Waals surface area contributed by atoms with Crippen molar-refractivity contribution in [2.45, 2.75) is 50.7 Å². The highest BCUT2D eigenvalue weighted by Gasteiger charge is 2.44. The minimum absolute atomic E-state index is 0.138. The molecular weight excluding hydrogens is 398 g/mol. The third kappa shape index (κ3) is 4.90. The van der Waals surface area contributed by atoms with E-state index in [1.807, 2.05) is 12.1 Å². The quantitative estimate of drug-likeness (QED) is 0.541. The molecule has 0 aromatic heterocycles. The van der Waals surface area contributed by atoms with Gasteiger partial charge in [-0.25, -0.2) is 0 Å². The lowest BCUT2D eigenvalue weighted by Gasteiger charge is -2.43. The summed E-state index contributed by atoms with van der Waals surface area (Å²) in [5, 5.41) is 13.5. The van der Waals surface area contributed by atoms with Crippen LogP contribution < -0.4 is 5.32 Å². The number of unbranched alkanes of at least 4 members (excludes halogenated alkanes) is 1. The number of benzene rings is 2. The van der Waals surface area contributed by atoms with Gasteiger partial charge in [-0.05, 0) is 47.9 Å². The van der Waals surface area contributed by atoms with E-state index in [9.17, 15) is 5.11 Å². The molecule has 164 valence electrons. The van der Waals surface area contributed by atoms with Crippen LogP contribution in [0.5, 0.6) is 0 Å². The maximum absolute atomic E-state index is 9.37. The Bertz CT molecular complexity index is 820. The lowest BCUT2D eigenvalue weighted by molar-refractivity contribution is -0.149. The maximum Gasteiger partial charge on any atom is 0.121 e. The van der Waals surface area contributed by atoms with Crippen LogP contribution >= 0.6 is 11.6 Å². The van der Waals surface area contributed by atoms with Gasteiger partial charge in [0.15, 0.2) is 0 Å². The fourth-order valence-electron chi connectivity index (χ4n) is 4.40. The molecule has 0 bridgehead atoms. The molecule has 2 aromatic rings. The highest BCUT2D eigenvalue weighted by atomic mass is 35.5. The topological polar surface area (TPSA) is 50.7 Å². The van der Waals surface area contributed by atoms with Gasteiger partial charge in [-0.15, -0.1) is 0 Å². The number of aliphatic hydroxyl groups is 1. The largest absolute Gasteiger partial charge is 0.396 e. The molecule has 1 saturated heterocycles. The number of hydrogen-bond donors (Lipinski definition) is 2. The Morgan fingerprint density at radius 2 is 2.03 bits per heavy atom. The Labute approximate surface area is 185 Å². The van der Waals surface area contributed by atoms with Crippen molar-refractivity contribution in [3.63, 3.8) is 0 Å². The lowest BCUT2D eigenvalue weighted by atomic mass is 9.78. The first-order chi connectivity index (χ1) is 14.5. The Morgan fingerprint density at radius 1 is 1.23 bits per heavy atom. The molecule has 2 atom stereocenters. The summed E-state index contributed by atoms with van der Waals surface area (Å²) in [6.45, 7) is 6.76. The summed E-state index contributed by atoms with van der Waals surface area (Å²) < 4.78 is 12.5. The molecule has 0 amide bonds. The molecule has 2 aromatic carbocycles. The van der Waals surface area contributed by atoms with Crippen LogP contribution in [0.25, 0.3) is 11.1 Å². The third-order valence-corrected chi connectivity index (χ3v) is 6.39. The van der Waals surface area contributed by atoms with Crippen LogP contribution in [0, 0.1) is 0 Å². The molecule has 30 heavy (non-hydrogen) atoms. The highest BCUT2D eigenvalue weighted by Crippen LogP contribution is 2.44. The van der Waals surface area contributed by atoms with E-state index in [0.29, 0.717) is 24.1 Å². The number of rotatable bonds is 9. The van der Waals surface area contributed by atoms with E-state index < -0.39 is 5.60 Å². The molecule has 3 rings (SSSR count). The number of ether oxygens (including phenoxy) is 2. The Kier molecular flexibility index (Phi) is 8.32. The number of nitrogens with one attached hydrogen (secondary N) is 1. The van der Waals surface area contributed by atoms with Gasteiger partial charge < -0.3 is 19.9 Å². The van der Waals surface area contributed by atoms with E-state index in [4.69, 9.17) is 21.1 Å². The zero-order valence-electron chi connectivity index (χ0n) is 18.3. The highest BCUT2D eigenvalue weighted by molar-refractivity contribution is 6.33. The standard InChI is InChI=1S/C25H34ClNO3/c1-18(2)19-8-6-9-20(16-19)24-21(10-7-11-22(24)26)25(29-3,12-4-5-14-28)23-17-27-13-15-30-23/h6-11,16,18,23,27-28H,4-5,12-15,17H2,1-3H3/t23-,25-/m1/s1. The van der Waals surface area contributed by atoms with Gasteiger partial charge >= 0.3 is 0 Å². The van der Waals surface area contributed by atoms with Crippen LogP contribution in [0.2, 0.25) is 5.02 Å². The lowest BCUT2D eigenvalue weighted by Crippen LogP contribution is -2.52. The fourth-order valence-corrected chi connectivity index (χ4v) is 4.68. The Morgan fingerprint density at radius 3 is 2.70 bits per heavy atom. The van der Waals surface area contributed by atoms with Crippen molar-refractivity contribution in [3.05, 3.63) is 58.6 Å². The van der Waals surface area contributed by atoms with Gasteiger partial charge in [0.25, 0.3) is 0 Å². The molecule has 0 unspecified atom stereocenters. The summed E-state index contributed by atoms with van der Waals surface area (Å²) in [7, 11) is 1.76. The second-order valence-corrected chi connectivity index (χ2v) is 8.69. The summed E-state index contributed by atoms with van der Waals surface area (Å²) in [6.07, 6.45) is 2.17. The van der Waals surface area contributed by atoms with Crippen LogP contribution in [0.1, 0.15) is 50.2 Å². The number of morpholine rings is 1. The minimum Gasteiger partial charge on any atom is -0.396 e. The molecule has 1 aliphatic heterocycles. The number of methoxy groups -OCH3 is 1. The smallest absolute Gasteiger partial charge is 0.121 e. The average Bonchev–Trinajstić information content (AvgIpc) is 2.77. The summed E-state index contributed by atoms with van der Waals surface area (Å²) in [5.41, 5.74) is 3.76. The molecule has 0 spiro atoms. The number of hydrogen-bond acceptors (Lipinski definition) is 4. The van der Waals surface area contributed by atoms with Crippen LogP contribution in [-0.4, -0.2) is 44.6 Å². The van der Waals surface area contributed by atoms with Crippen molar-refractivity contribution in [2.24, 2.45) is 0 Å². The fraction of sp³-hybridized carbons (Fsp3) is 0.520. The number of halogens is 1. The third-order valence-electron chi connectivity index (χ3n) is 6.08. The van der Waals surface area contributed by atoms with E-state index in [2.05, 4.69) is 49.5 Å². The van der Waals surface area contributed by atoms with Gasteiger partial charge in [0, 0.05) is 37.4 Å². The first kappa shape index (κ1) is 23.2. The molecule has 4 nitrogen and oxygen atoms in total. The maximum atomic E-state index is 9.37. The molecule has 1 fully saturated rings. The van der Waals surface area contributed by atoms with E-state index in [-0.39, 0.29) is 12.7 Å². The van der Waals surface area contributed by atoms with Crippen LogP contribution in [0.15, 0.2) is 42.5 Å². The second kappa shape index (κ2) is 10.7. The zero-order valence-corrected chi connectivity index (χ0v) is 19.0. The van der Waals surface area contributed by atoms with Crippen molar-refractivity contribution in [1.29, 1.82) is 0 Å². The Hall–Kier alpha value is -1.43. The van der Waals surface area contributed by atoms with E-state index >= 15 is 0 Å². The number of aliphatic hydroxyl groups excluding tert-OH is 1. The van der Waals surface area contributed by atoms with Crippen LogP contribution in [0.4, 0.5) is 0 Å². The molecule has 0 radical (unpaired) electrons. The zero-order chi connectivity index (χ0) is 21.6. The minimum atomic E-state index is -0.656. The SMILES string of the molecule is CO[C@](CCCCO)(c1cccc(Cl)c1-c1cccc(C(C)C)c1)[C@H]1CNCCO1. The van der Waals surface area contributed by atoms with Crippen molar-refractivity contribution in [1.82, 2.24) is 5.32 Å². The molecule has 2 N–H and O–H groups in total. The van der Waals surface area contributed by atoms with Crippen molar-refractivity contribution < 1.29 is 14.6 Å². The van der Waals surface area contributed by atoms with Crippen molar-refractivity contribution in [2.75, 3.05) is 33.4 Å². The molecule has 1 heterocycles. The molecule has 0 saturated carbocycles. The first-order valence-electron chi connectivity index (χ1n) is 10.9. The summed E-state index contributed by atoms with van der Waals surface area (Å²) in [5.74, 6) is 0.429. The van der Waals surface area contributed by atoms with Crippen molar-refractivity contribution >= 4 is 11.6 Å². The van der Waals surface area contributed by atoms with E-state index in [1.54, 1.807) is 7.11 Å². The predicted molar refractivity (Wildman–Crippen MR) is 123 cm³/mol. The summed E-state index contributed by atoms with van der Waals surface area (Å²) in [6, 6.07) is 14.6. The van der Waals surface area contributed by atoms with Gasteiger partial charge in [-0.1, -0.05) is 61.8 Å². The molecule has 1 aliphatic rings. The van der Waals surface area contributed by atoms with Gasteiger partial charge in [0.2, 0.25) is 0 Å². The van der Waals surface area contributed by atoms with Gasteiger partial charge in [-0.3, -0.25) is 0 Å². The summed E-state index contributed by atoms with van der Waals surface area (Å²) in [4.78, 5) is 0. The van der Waals surface area contributed by atoms with Gasteiger partial charge in [-0.2, -0.15) is 0 Å². The van der Waals surface area contributed by atoms with Gasteiger partial charge in [0.1, 0.15) is 11.7 Å². The molecular formula is C25H34ClNO3. The molecule has 5 heteroatoms. The summed E-state index contributed by atoms with van der Waals surface area (Å²) >= 11 is 6.81. The van der Waals surface area contributed by atoms with Crippen LogP contribution in [-0.2, 0) is 15.1 Å².